The molecule has 0 spiro atoms. The summed E-state index contributed by atoms with van der Waals surface area (Å²) in [6.45, 7) is 4.03. The second-order valence-electron chi connectivity index (χ2n) is 3.44. The highest BCUT2D eigenvalue weighted by atomic mass is 32.1. The van der Waals surface area contributed by atoms with E-state index in [-0.39, 0.29) is 18.3 Å². The zero-order valence-electron chi connectivity index (χ0n) is 10.0. The Morgan fingerprint density at radius 1 is 1.44 bits per heavy atom. The van der Waals surface area contributed by atoms with Crippen molar-refractivity contribution in [1.82, 2.24) is 19.7 Å². The quantitative estimate of drug-likeness (QED) is 0.762. The molecule has 0 radical (unpaired) electrons. The molecule has 0 aliphatic heterocycles. The SMILES string of the molecule is CCCc1nnsc1-c1nc(C(=O)OCC)no1. The van der Waals surface area contributed by atoms with Crippen molar-refractivity contribution in [2.75, 3.05) is 6.61 Å². The molecule has 0 saturated carbocycles. The highest BCUT2D eigenvalue weighted by Crippen LogP contribution is 2.25. The Balaban J connectivity index is 2.23. The van der Waals surface area contributed by atoms with Crippen molar-refractivity contribution in [3.05, 3.63) is 11.5 Å². The molecule has 2 aromatic rings. The van der Waals surface area contributed by atoms with Gasteiger partial charge in [0, 0.05) is 0 Å². The number of hydrogen-bond acceptors (Lipinski definition) is 8. The van der Waals surface area contributed by atoms with Crippen LogP contribution in [0, 0.1) is 0 Å². The normalized spacial score (nSPS) is 10.6. The first-order chi connectivity index (χ1) is 8.76. The monoisotopic (exact) mass is 268 g/mol. The molecule has 0 fully saturated rings. The summed E-state index contributed by atoms with van der Waals surface area (Å²) in [7, 11) is 0. The van der Waals surface area contributed by atoms with E-state index in [9.17, 15) is 4.79 Å². The van der Waals surface area contributed by atoms with Gasteiger partial charge in [-0.05, 0) is 30.0 Å². The van der Waals surface area contributed by atoms with Gasteiger partial charge < -0.3 is 9.26 Å². The lowest BCUT2D eigenvalue weighted by Crippen LogP contribution is -2.06. The maximum Gasteiger partial charge on any atom is 0.379 e. The van der Waals surface area contributed by atoms with Gasteiger partial charge >= 0.3 is 5.97 Å². The minimum atomic E-state index is -0.595. The first-order valence-corrected chi connectivity index (χ1v) is 6.36. The molecular formula is C10H12N4O3S. The van der Waals surface area contributed by atoms with Gasteiger partial charge in [0.2, 0.25) is 0 Å². The number of carbonyl (C=O) groups is 1. The van der Waals surface area contributed by atoms with Gasteiger partial charge in [0.05, 0.1) is 12.3 Å². The number of aryl methyl sites for hydroxylation is 1. The van der Waals surface area contributed by atoms with Crippen LogP contribution in [0.1, 0.15) is 36.6 Å². The van der Waals surface area contributed by atoms with E-state index >= 15 is 0 Å². The van der Waals surface area contributed by atoms with Crippen molar-refractivity contribution in [3.8, 4) is 10.8 Å². The maximum absolute atomic E-state index is 11.4. The van der Waals surface area contributed by atoms with Crippen LogP contribution in [0.25, 0.3) is 10.8 Å². The Hall–Kier alpha value is -1.83. The Morgan fingerprint density at radius 3 is 3.00 bits per heavy atom. The number of nitrogens with zero attached hydrogens (tertiary/aromatic N) is 4. The van der Waals surface area contributed by atoms with Gasteiger partial charge in [-0.15, -0.1) is 5.10 Å². The molecule has 8 heteroatoms. The van der Waals surface area contributed by atoms with E-state index in [1.165, 1.54) is 11.5 Å². The summed E-state index contributed by atoms with van der Waals surface area (Å²) in [5.41, 5.74) is 0.807. The van der Waals surface area contributed by atoms with Crippen molar-refractivity contribution in [2.24, 2.45) is 0 Å². The lowest BCUT2D eigenvalue weighted by atomic mass is 10.2. The third kappa shape index (κ3) is 2.53. The number of hydrogen-bond donors (Lipinski definition) is 0. The topological polar surface area (TPSA) is 91.0 Å². The van der Waals surface area contributed by atoms with Crippen LogP contribution in [0.15, 0.2) is 4.52 Å². The molecule has 0 unspecified atom stereocenters. The van der Waals surface area contributed by atoms with E-state index < -0.39 is 5.97 Å². The van der Waals surface area contributed by atoms with Crippen molar-refractivity contribution in [2.45, 2.75) is 26.7 Å². The molecule has 7 nitrogen and oxygen atoms in total. The minimum Gasteiger partial charge on any atom is -0.460 e. The predicted molar refractivity (Wildman–Crippen MR) is 63.2 cm³/mol. The number of ether oxygens (including phenoxy) is 1. The first-order valence-electron chi connectivity index (χ1n) is 5.58. The van der Waals surface area contributed by atoms with Crippen molar-refractivity contribution < 1.29 is 14.1 Å². The van der Waals surface area contributed by atoms with Crippen molar-refractivity contribution in [3.63, 3.8) is 0 Å². The molecule has 0 amide bonds. The average molecular weight is 268 g/mol. The van der Waals surface area contributed by atoms with Crippen LogP contribution in [-0.2, 0) is 11.2 Å². The Bertz CT molecular complexity index is 537. The summed E-state index contributed by atoms with van der Waals surface area (Å²) in [5, 5.41) is 7.58. The predicted octanol–water partition coefficient (Wildman–Crippen LogP) is 1.72. The minimum absolute atomic E-state index is 0.0808. The van der Waals surface area contributed by atoms with Gasteiger partial charge in [-0.25, -0.2) is 4.79 Å². The summed E-state index contributed by atoms with van der Waals surface area (Å²) in [5.74, 6) is -0.416. The van der Waals surface area contributed by atoms with E-state index in [0.717, 1.165) is 18.5 Å². The molecule has 2 heterocycles. The molecule has 96 valence electrons. The summed E-state index contributed by atoms with van der Waals surface area (Å²) < 4.78 is 13.7. The molecule has 2 aromatic heterocycles. The fraction of sp³-hybridized carbons (Fsp3) is 0.500. The average Bonchev–Trinajstić information content (AvgIpc) is 2.97. The second kappa shape index (κ2) is 5.67. The van der Waals surface area contributed by atoms with Crippen LogP contribution >= 0.6 is 11.5 Å². The van der Waals surface area contributed by atoms with E-state index in [1.54, 1.807) is 6.92 Å². The molecule has 18 heavy (non-hydrogen) atoms. The van der Waals surface area contributed by atoms with Crippen molar-refractivity contribution >= 4 is 17.5 Å². The lowest BCUT2D eigenvalue weighted by molar-refractivity contribution is 0.0508. The smallest absolute Gasteiger partial charge is 0.379 e. The molecule has 0 aliphatic carbocycles. The number of rotatable bonds is 5. The van der Waals surface area contributed by atoms with Crippen LogP contribution in [0.3, 0.4) is 0 Å². The number of aromatic nitrogens is 4. The summed E-state index contributed by atoms with van der Waals surface area (Å²) >= 11 is 1.17. The van der Waals surface area contributed by atoms with Gasteiger partial charge in [-0.1, -0.05) is 17.8 Å². The van der Waals surface area contributed by atoms with E-state index in [0.29, 0.717) is 4.88 Å². The maximum atomic E-state index is 11.4. The van der Waals surface area contributed by atoms with Crippen LogP contribution in [0.5, 0.6) is 0 Å². The van der Waals surface area contributed by atoms with Crippen LogP contribution in [0.4, 0.5) is 0 Å². The molecular weight excluding hydrogens is 256 g/mol. The fourth-order valence-electron chi connectivity index (χ4n) is 1.37. The molecule has 0 aliphatic rings. The van der Waals surface area contributed by atoms with Gasteiger partial charge in [0.15, 0.2) is 0 Å². The Kier molecular flexibility index (Phi) is 3.98. The summed E-state index contributed by atoms with van der Waals surface area (Å²) in [6, 6.07) is 0. The van der Waals surface area contributed by atoms with E-state index in [4.69, 9.17) is 9.26 Å². The highest BCUT2D eigenvalue weighted by molar-refractivity contribution is 7.09. The van der Waals surface area contributed by atoms with Gasteiger partial charge in [0.1, 0.15) is 4.88 Å². The standard InChI is InChI=1S/C10H12N4O3S/c1-3-5-6-7(18-14-12-6)9-11-8(13-17-9)10(15)16-4-2/h3-5H2,1-2H3. The van der Waals surface area contributed by atoms with Crippen molar-refractivity contribution in [1.29, 1.82) is 0 Å². The lowest BCUT2D eigenvalue weighted by Gasteiger charge is -1.94. The molecule has 0 N–H and O–H groups in total. The largest absolute Gasteiger partial charge is 0.460 e. The zero-order chi connectivity index (χ0) is 13.0. The van der Waals surface area contributed by atoms with Crippen LogP contribution in [-0.4, -0.2) is 32.3 Å². The van der Waals surface area contributed by atoms with Crippen LogP contribution < -0.4 is 0 Å². The zero-order valence-corrected chi connectivity index (χ0v) is 10.9. The molecule has 2 rings (SSSR count). The molecule has 0 atom stereocenters. The molecule has 0 aromatic carbocycles. The summed E-state index contributed by atoms with van der Waals surface area (Å²) in [4.78, 5) is 16.1. The van der Waals surface area contributed by atoms with Gasteiger partial charge in [-0.3, -0.25) is 0 Å². The third-order valence-corrected chi connectivity index (χ3v) is 2.88. The highest BCUT2D eigenvalue weighted by Gasteiger charge is 2.20. The second-order valence-corrected chi connectivity index (χ2v) is 4.20. The van der Waals surface area contributed by atoms with Gasteiger partial charge in [-0.2, -0.15) is 4.98 Å². The Labute approximate surface area is 107 Å². The summed E-state index contributed by atoms with van der Waals surface area (Å²) in [6.07, 6.45) is 1.72. The Morgan fingerprint density at radius 2 is 2.28 bits per heavy atom. The first kappa shape index (κ1) is 12.6. The van der Waals surface area contributed by atoms with Gasteiger partial charge in [0.25, 0.3) is 11.7 Å². The number of carbonyl (C=O) groups excluding carboxylic acids is 1. The van der Waals surface area contributed by atoms with E-state index in [2.05, 4.69) is 19.7 Å². The third-order valence-electron chi connectivity index (χ3n) is 2.12. The van der Waals surface area contributed by atoms with Crippen LogP contribution in [0.2, 0.25) is 0 Å². The van der Waals surface area contributed by atoms with E-state index in [1.807, 2.05) is 6.92 Å². The number of esters is 1. The molecule has 0 saturated heterocycles. The fourth-order valence-corrected chi connectivity index (χ4v) is 2.00. The molecule has 0 bridgehead atoms.